The number of H-pyrrole nitrogens is 1. The van der Waals surface area contributed by atoms with Crippen molar-refractivity contribution in [3.05, 3.63) is 65.1 Å². The van der Waals surface area contributed by atoms with Crippen molar-refractivity contribution in [2.75, 3.05) is 11.9 Å². The number of aryl methyl sites for hydroxylation is 3. The van der Waals surface area contributed by atoms with Crippen LogP contribution in [0.5, 0.6) is 0 Å². The largest absolute Gasteiger partial charge is 0.452 e. The van der Waals surface area contributed by atoms with Crippen LogP contribution in [0.3, 0.4) is 0 Å². The maximum Gasteiger partial charge on any atom is 0.338 e. The number of nitrogens with zero attached hydrogens (tertiary/aromatic N) is 2. The van der Waals surface area contributed by atoms with Gasteiger partial charge in [0.2, 0.25) is 0 Å². The van der Waals surface area contributed by atoms with Gasteiger partial charge in [-0.3, -0.25) is 4.79 Å². The number of aromatic nitrogens is 3. The Morgan fingerprint density at radius 3 is 2.48 bits per heavy atom. The number of carbonyl (C=O) groups is 2. The predicted octanol–water partition coefficient (Wildman–Crippen LogP) is 3.19. The predicted molar refractivity (Wildman–Crippen MR) is 101 cm³/mol. The smallest absolute Gasteiger partial charge is 0.338 e. The van der Waals surface area contributed by atoms with Gasteiger partial charge in [0.25, 0.3) is 5.91 Å². The molecule has 0 spiro atoms. The Balaban J connectivity index is 1.58. The third-order valence-corrected chi connectivity index (χ3v) is 4.12. The number of carbonyl (C=O) groups excluding carboxylic acids is 2. The lowest BCUT2D eigenvalue weighted by atomic mass is 10.1. The molecule has 0 bridgehead atoms. The first kappa shape index (κ1) is 18.3. The lowest BCUT2D eigenvalue weighted by molar-refractivity contribution is -0.119. The van der Waals surface area contributed by atoms with Crippen molar-refractivity contribution >= 4 is 17.7 Å². The lowest BCUT2D eigenvalue weighted by Crippen LogP contribution is -2.21. The number of aromatic amines is 1. The molecule has 0 saturated carbocycles. The standard InChI is InChI=1S/C20H20N4O3/c1-12-5-4-10-21-18(12)24-17(25)11-27-20(26)16-8-6-15(7-9-16)19-22-13(2)14(3)23-19/h4-10H,11H2,1-3H3,(H,22,23)(H,21,24,25). The van der Waals surface area contributed by atoms with Gasteiger partial charge in [-0.05, 0) is 44.5 Å². The van der Waals surface area contributed by atoms with Gasteiger partial charge in [-0.2, -0.15) is 0 Å². The van der Waals surface area contributed by atoms with Crippen LogP contribution >= 0.6 is 0 Å². The summed E-state index contributed by atoms with van der Waals surface area (Å²) in [6.45, 7) is 5.33. The van der Waals surface area contributed by atoms with Gasteiger partial charge in [0.15, 0.2) is 6.61 Å². The Bertz CT molecular complexity index is 958. The van der Waals surface area contributed by atoms with Gasteiger partial charge in [-0.1, -0.05) is 18.2 Å². The molecule has 138 valence electrons. The summed E-state index contributed by atoms with van der Waals surface area (Å²) < 4.78 is 5.07. The van der Waals surface area contributed by atoms with Gasteiger partial charge >= 0.3 is 5.97 Å². The quantitative estimate of drug-likeness (QED) is 0.678. The summed E-state index contributed by atoms with van der Waals surface area (Å²) in [5, 5.41) is 2.62. The van der Waals surface area contributed by atoms with E-state index < -0.39 is 11.9 Å². The molecule has 2 heterocycles. The summed E-state index contributed by atoms with van der Waals surface area (Å²) in [5.41, 5.74) is 3.99. The molecule has 0 aliphatic carbocycles. The second-order valence-electron chi connectivity index (χ2n) is 6.17. The number of benzene rings is 1. The van der Waals surface area contributed by atoms with Crippen molar-refractivity contribution in [2.24, 2.45) is 0 Å². The fourth-order valence-electron chi connectivity index (χ4n) is 2.45. The second kappa shape index (κ2) is 7.82. The normalized spacial score (nSPS) is 10.5. The minimum absolute atomic E-state index is 0.362. The number of esters is 1. The van der Waals surface area contributed by atoms with Crippen molar-refractivity contribution in [1.82, 2.24) is 15.0 Å². The topological polar surface area (TPSA) is 97.0 Å². The fourth-order valence-corrected chi connectivity index (χ4v) is 2.45. The van der Waals surface area contributed by atoms with Crippen LogP contribution in [0.2, 0.25) is 0 Å². The van der Waals surface area contributed by atoms with Crippen LogP contribution in [-0.2, 0) is 9.53 Å². The first-order valence-corrected chi connectivity index (χ1v) is 8.46. The molecule has 0 unspecified atom stereocenters. The SMILES string of the molecule is Cc1cccnc1NC(=O)COC(=O)c1ccc(-c2nc(C)c(C)[nH]2)cc1. The molecule has 7 nitrogen and oxygen atoms in total. The summed E-state index contributed by atoms with van der Waals surface area (Å²) in [6, 6.07) is 10.5. The van der Waals surface area contributed by atoms with Crippen molar-refractivity contribution < 1.29 is 14.3 Å². The monoisotopic (exact) mass is 364 g/mol. The third kappa shape index (κ3) is 4.38. The van der Waals surface area contributed by atoms with E-state index >= 15 is 0 Å². The number of anilines is 1. The molecule has 2 N–H and O–H groups in total. The van der Waals surface area contributed by atoms with Crippen LogP contribution in [-0.4, -0.2) is 33.4 Å². The number of hydrogen-bond acceptors (Lipinski definition) is 5. The number of nitrogens with one attached hydrogen (secondary N) is 2. The number of ether oxygens (including phenoxy) is 1. The van der Waals surface area contributed by atoms with Gasteiger partial charge in [0.05, 0.1) is 11.3 Å². The Morgan fingerprint density at radius 1 is 1.11 bits per heavy atom. The molecule has 1 aromatic carbocycles. The highest BCUT2D eigenvalue weighted by atomic mass is 16.5. The number of rotatable bonds is 5. The number of hydrogen-bond donors (Lipinski definition) is 2. The average molecular weight is 364 g/mol. The van der Waals surface area contributed by atoms with E-state index in [-0.39, 0.29) is 6.61 Å². The summed E-state index contributed by atoms with van der Waals surface area (Å²) in [6.07, 6.45) is 1.58. The molecule has 0 radical (unpaired) electrons. The Hall–Kier alpha value is -3.48. The maximum absolute atomic E-state index is 12.1. The van der Waals surface area contributed by atoms with Crippen molar-refractivity contribution in [2.45, 2.75) is 20.8 Å². The Morgan fingerprint density at radius 2 is 1.85 bits per heavy atom. The van der Waals surface area contributed by atoms with Gasteiger partial charge < -0.3 is 15.0 Å². The molecule has 3 aromatic rings. The van der Waals surface area contributed by atoms with E-state index in [4.69, 9.17) is 4.74 Å². The maximum atomic E-state index is 12.1. The van der Waals surface area contributed by atoms with Crippen LogP contribution in [0.1, 0.15) is 27.3 Å². The summed E-state index contributed by atoms with van der Waals surface area (Å²) >= 11 is 0. The van der Waals surface area contributed by atoms with Crippen LogP contribution in [0, 0.1) is 20.8 Å². The molecule has 0 atom stereocenters. The molecule has 3 rings (SSSR count). The zero-order valence-corrected chi connectivity index (χ0v) is 15.4. The molecule has 0 fully saturated rings. The first-order chi connectivity index (χ1) is 12.9. The highest BCUT2D eigenvalue weighted by molar-refractivity contribution is 5.95. The van der Waals surface area contributed by atoms with E-state index in [0.717, 1.165) is 28.3 Å². The molecular formula is C20H20N4O3. The second-order valence-corrected chi connectivity index (χ2v) is 6.17. The highest BCUT2D eigenvalue weighted by Gasteiger charge is 2.12. The van der Waals surface area contributed by atoms with Crippen LogP contribution in [0.25, 0.3) is 11.4 Å². The lowest BCUT2D eigenvalue weighted by Gasteiger charge is -2.08. The van der Waals surface area contributed by atoms with Crippen LogP contribution in [0.4, 0.5) is 5.82 Å². The van der Waals surface area contributed by atoms with Crippen molar-refractivity contribution in [3.8, 4) is 11.4 Å². The van der Waals surface area contributed by atoms with Crippen LogP contribution < -0.4 is 5.32 Å². The molecule has 0 aliphatic heterocycles. The summed E-state index contributed by atoms with van der Waals surface area (Å²) in [7, 11) is 0. The minimum atomic E-state index is -0.568. The van der Waals surface area contributed by atoms with E-state index in [9.17, 15) is 9.59 Å². The van der Waals surface area contributed by atoms with Crippen molar-refractivity contribution in [3.63, 3.8) is 0 Å². The first-order valence-electron chi connectivity index (χ1n) is 8.46. The Kier molecular flexibility index (Phi) is 5.30. The molecule has 7 heteroatoms. The van der Waals surface area contributed by atoms with E-state index in [0.29, 0.717) is 11.4 Å². The molecule has 1 amide bonds. The molecule has 0 aliphatic rings. The molecular weight excluding hydrogens is 344 g/mol. The summed E-state index contributed by atoms with van der Waals surface area (Å²) in [4.78, 5) is 35.8. The van der Waals surface area contributed by atoms with Crippen molar-refractivity contribution in [1.29, 1.82) is 0 Å². The van der Waals surface area contributed by atoms with E-state index in [1.807, 2.05) is 26.8 Å². The Labute approximate surface area is 156 Å². The van der Waals surface area contributed by atoms with Crippen LogP contribution in [0.15, 0.2) is 42.6 Å². The number of pyridine rings is 1. The molecule has 27 heavy (non-hydrogen) atoms. The zero-order valence-electron chi connectivity index (χ0n) is 15.4. The minimum Gasteiger partial charge on any atom is -0.452 e. The number of amides is 1. The highest BCUT2D eigenvalue weighted by Crippen LogP contribution is 2.18. The molecule has 2 aromatic heterocycles. The van der Waals surface area contributed by atoms with E-state index in [1.165, 1.54) is 0 Å². The van der Waals surface area contributed by atoms with Gasteiger partial charge in [0, 0.05) is 17.5 Å². The van der Waals surface area contributed by atoms with Gasteiger partial charge in [0.1, 0.15) is 11.6 Å². The number of imidazole rings is 1. The third-order valence-electron chi connectivity index (χ3n) is 4.12. The van der Waals surface area contributed by atoms with E-state index in [2.05, 4.69) is 20.3 Å². The fraction of sp³-hybridized carbons (Fsp3) is 0.200. The van der Waals surface area contributed by atoms with Gasteiger partial charge in [-0.15, -0.1) is 0 Å². The zero-order chi connectivity index (χ0) is 19.4. The molecule has 0 saturated heterocycles. The summed E-state index contributed by atoms with van der Waals surface area (Å²) in [5.74, 6) is 0.187. The van der Waals surface area contributed by atoms with E-state index in [1.54, 1.807) is 36.5 Å². The van der Waals surface area contributed by atoms with Gasteiger partial charge in [-0.25, -0.2) is 14.8 Å². The average Bonchev–Trinajstić information content (AvgIpc) is 3.00.